The molecule has 3 heterocycles. The van der Waals surface area contributed by atoms with Crippen LogP contribution in [-0.2, 0) is 7.05 Å². The van der Waals surface area contributed by atoms with Gasteiger partial charge in [0.2, 0.25) is 5.95 Å². The quantitative estimate of drug-likeness (QED) is 0.601. The summed E-state index contributed by atoms with van der Waals surface area (Å²) in [5, 5.41) is 12.1. The number of nitrogens with zero attached hydrogens (tertiary/aromatic N) is 6. The second kappa shape index (κ2) is 6.79. The van der Waals surface area contributed by atoms with Crippen molar-refractivity contribution in [1.29, 1.82) is 0 Å². The molecule has 4 rings (SSSR count). The molecule has 0 aliphatic carbocycles. The van der Waals surface area contributed by atoms with Crippen molar-refractivity contribution in [2.75, 3.05) is 5.32 Å². The lowest BCUT2D eigenvalue weighted by molar-refractivity contribution is 0.672. The van der Waals surface area contributed by atoms with Crippen LogP contribution in [0.1, 0.15) is 18.7 Å². The van der Waals surface area contributed by atoms with E-state index in [9.17, 15) is 0 Å². The minimum atomic E-state index is 0.0373. The van der Waals surface area contributed by atoms with Crippen LogP contribution in [-0.4, -0.2) is 29.5 Å². The number of rotatable bonds is 5. The molecule has 0 bridgehead atoms. The number of aryl methyl sites for hydroxylation is 1. The molecule has 0 radical (unpaired) electrons. The van der Waals surface area contributed by atoms with Crippen molar-refractivity contribution in [3.05, 3.63) is 72.8 Å². The van der Waals surface area contributed by atoms with Crippen molar-refractivity contribution < 1.29 is 0 Å². The van der Waals surface area contributed by atoms with Gasteiger partial charge in [0, 0.05) is 37.3 Å². The molecule has 130 valence electrons. The smallest absolute Gasteiger partial charge is 0.225 e. The first-order chi connectivity index (χ1) is 12.7. The number of anilines is 1. The molecule has 3 aromatic heterocycles. The van der Waals surface area contributed by atoms with Gasteiger partial charge in [-0.2, -0.15) is 15.2 Å². The maximum Gasteiger partial charge on any atom is 0.225 e. The third-order valence-corrected chi connectivity index (χ3v) is 4.18. The summed E-state index contributed by atoms with van der Waals surface area (Å²) >= 11 is 0. The fourth-order valence-electron chi connectivity index (χ4n) is 2.84. The summed E-state index contributed by atoms with van der Waals surface area (Å²) in [6.07, 6.45) is 5.41. The van der Waals surface area contributed by atoms with Crippen LogP contribution in [0.2, 0.25) is 0 Å². The van der Waals surface area contributed by atoms with Gasteiger partial charge in [0.15, 0.2) is 5.82 Å². The summed E-state index contributed by atoms with van der Waals surface area (Å²) < 4.78 is 3.59. The van der Waals surface area contributed by atoms with E-state index in [0.717, 1.165) is 17.0 Å². The molecule has 1 N–H and O–H groups in total. The van der Waals surface area contributed by atoms with Gasteiger partial charge in [0.05, 0.1) is 17.4 Å². The van der Waals surface area contributed by atoms with Gasteiger partial charge >= 0.3 is 0 Å². The van der Waals surface area contributed by atoms with Gasteiger partial charge in [-0.3, -0.25) is 4.68 Å². The number of aromatic nitrogens is 6. The third-order valence-electron chi connectivity index (χ3n) is 4.18. The van der Waals surface area contributed by atoms with Crippen molar-refractivity contribution in [3.8, 4) is 17.1 Å². The lowest BCUT2D eigenvalue weighted by Gasteiger charge is -2.14. The largest absolute Gasteiger partial charge is 0.346 e. The van der Waals surface area contributed by atoms with Crippen LogP contribution in [0.15, 0.2) is 67.1 Å². The summed E-state index contributed by atoms with van der Waals surface area (Å²) in [6, 6.07) is 15.9. The predicted octanol–water partition coefficient (Wildman–Crippen LogP) is 3.24. The standard InChI is InChI=1S/C19H19N7/c1-14(17-8-12-21-25(17)2)22-19-20-11-9-18(23-19)26-13-10-16(24-26)15-6-4-3-5-7-15/h3-14H,1-2H3,(H,20,22,23). The molecule has 1 aromatic carbocycles. The average molecular weight is 345 g/mol. The molecule has 4 aromatic rings. The van der Waals surface area contributed by atoms with Gasteiger partial charge in [0.1, 0.15) is 0 Å². The molecule has 0 aliphatic rings. The molecule has 0 aliphatic heterocycles. The lowest BCUT2D eigenvalue weighted by Crippen LogP contribution is -2.14. The highest BCUT2D eigenvalue weighted by molar-refractivity contribution is 5.58. The van der Waals surface area contributed by atoms with Gasteiger partial charge in [-0.1, -0.05) is 30.3 Å². The van der Waals surface area contributed by atoms with Crippen molar-refractivity contribution in [2.24, 2.45) is 7.05 Å². The molecule has 1 unspecified atom stereocenters. The van der Waals surface area contributed by atoms with E-state index >= 15 is 0 Å². The van der Waals surface area contributed by atoms with Gasteiger partial charge in [0.25, 0.3) is 0 Å². The second-order valence-electron chi connectivity index (χ2n) is 6.00. The van der Waals surface area contributed by atoms with Gasteiger partial charge in [-0.05, 0) is 19.1 Å². The summed E-state index contributed by atoms with van der Waals surface area (Å²) in [5.74, 6) is 1.26. The van der Waals surface area contributed by atoms with E-state index in [-0.39, 0.29) is 6.04 Å². The number of hydrogen-bond acceptors (Lipinski definition) is 5. The van der Waals surface area contributed by atoms with Gasteiger partial charge < -0.3 is 5.32 Å². The van der Waals surface area contributed by atoms with Crippen molar-refractivity contribution in [3.63, 3.8) is 0 Å². The summed E-state index contributed by atoms with van der Waals surface area (Å²) in [4.78, 5) is 8.89. The Morgan fingerprint density at radius 2 is 1.85 bits per heavy atom. The monoisotopic (exact) mass is 345 g/mol. The van der Waals surface area contributed by atoms with Crippen LogP contribution in [0.4, 0.5) is 5.95 Å². The van der Waals surface area contributed by atoms with E-state index < -0.39 is 0 Å². The second-order valence-corrected chi connectivity index (χ2v) is 6.00. The minimum absolute atomic E-state index is 0.0373. The molecule has 0 fully saturated rings. The van der Waals surface area contributed by atoms with E-state index in [1.165, 1.54) is 0 Å². The maximum absolute atomic E-state index is 4.62. The highest BCUT2D eigenvalue weighted by Gasteiger charge is 2.11. The van der Waals surface area contributed by atoms with Crippen LogP contribution in [0.25, 0.3) is 17.1 Å². The zero-order chi connectivity index (χ0) is 17.9. The van der Waals surface area contributed by atoms with Crippen molar-refractivity contribution >= 4 is 5.95 Å². The SMILES string of the molecule is CC(Nc1nccc(-n2ccc(-c3ccccc3)n2)n1)c1ccnn1C. The van der Waals surface area contributed by atoms with Gasteiger partial charge in [-0.15, -0.1) is 0 Å². The molecule has 0 spiro atoms. The Bertz CT molecular complexity index is 1000. The molecule has 0 saturated heterocycles. The Labute approximate surface area is 151 Å². The Kier molecular flexibility index (Phi) is 4.18. The first kappa shape index (κ1) is 16.0. The maximum atomic E-state index is 4.62. The van der Waals surface area contributed by atoms with Crippen LogP contribution in [0.5, 0.6) is 0 Å². The van der Waals surface area contributed by atoms with Crippen LogP contribution in [0.3, 0.4) is 0 Å². The molecule has 26 heavy (non-hydrogen) atoms. The molecule has 0 amide bonds. The molecular formula is C19H19N7. The van der Waals surface area contributed by atoms with E-state index in [2.05, 4.69) is 32.4 Å². The predicted molar refractivity (Wildman–Crippen MR) is 99.8 cm³/mol. The minimum Gasteiger partial charge on any atom is -0.346 e. The normalized spacial score (nSPS) is 12.1. The highest BCUT2D eigenvalue weighted by Crippen LogP contribution is 2.19. The fraction of sp³-hybridized carbons (Fsp3) is 0.158. The highest BCUT2D eigenvalue weighted by atomic mass is 15.3. The van der Waals surface area contributed by atoms with Crippen LogP contribution in [0, 0.1) is 0 Å². The first-order valence-corrected chi connectivity index (χ1v) is 8.39. The average Bonchev–Trinajstić information content (AvgIpc) is 3.32. The first-order valence-electron chi connectivity index (χ1n) is 8.39. The summed E-state index contributed by atoms with van der Waals surface area (Å²) in [5.41, 5.74) is 3.04. The number of nitrogens with one attached hydrogen (secondary N) is 1. The molecule has 7 nitrogen and oxygen atoms in total. The lowest BCUT2D eigenvalue weighted by atomic mass is 10.2. The van der Waals surface area contributed by atoms with E-state index in [1.54, 1.807) is 17.1 Å². The number of benzene rings is 1. The fourth-order valence-corrected chi connectivity index (χ4v) is 2.84. The zero-order valence-electron chi connectivity index (χ0n) is 14.6. The Morgan fingerprint density at radius 3 is 2.62 bits per heavy atom. The van der Waals surface area contributed by atoms with Crippen molar-refractivity contribution in [1.82, 2.24) is 29.5 Å². The zero-order valence-corrected chi connectivity index (χ0v) is 14.6. The van der Waals surface area contributed by atoms with Crippen LogP contribution < -0.4 is 5.32 Å². The number of hydrogen-bond donors (Lipinski definition) is 1. The Balaban J connectivity index is 1.56. The molecular weight excluding hydrogens is 326 g/mol. The van der Waals surface area contributed by atoms with E-state index in [0.29, 0.717) is 11.8 Å². The Morgan fingerprint density at radius 1 is 1.00 bits per heavy atom. The Hall–Kier alpha value is -3.48. The molecule has 1 atom stereocenters. The van der Waals surface area contributed by atoms with Gasteiger partial charge in [-0.25, -0.2) is 9.67 Å². The molecule has 0 saturated carbocycles. The van der Waals surface area contributed by atoms with E-state index in [4.69, 9.17) is 0 Å². The topological polar surface area (TPSA) is 73.5 Å². The molecule has 7 heteroatoms. The summed E-state index contributed by atoms with van der Waals surface area (Å²) in [7, 11) is 1.92. The van der Waals surface area contributed by atoms with Crippen LogP contribution >= 0.6 is 0 Å². The van der Waals surface area contributed by atoms with E-state index in [1.807, 2.05) is 66.5 Å². The summed E-state index contributed by atoms with van der Waals surface area (Å²) in [6.45, 7) is 2.05. The van der Waals surface area contributed by atoms with Crippen molar-refractivity contribution in [2.45, 2.75) is 13.0 Å². The third kappa shape index (κ3) is 3.19.